The highest BCUT2D eigenvalue weighted by Crippen LogP contribution is 2.42. The average molecular weight is 444 g/mol. The van der Waals surface area contributed by atoms with Crippen LogP contribution in [-0.4, -0.2) is 26.9 Å². The van der Waals surface area contributed by atoms with Gasteiger partial charge in [-0.15, -0.1) is 0 Å². The van der Waals surface area contributed by atoms with Gasteiger partial charge in [-0.05, 0) is 30.5 Å². The Morgan fingerprint density at radius 2 is 1.82 bits per heavy atom. The van der Waals surface area contributed by atoms with Crippen molar-refractivity contribution in [3.8, 4) is 11.3 Å². The van der Waals surface area contributed by atoms with Crippen LogP contribution in [0, 0.1) is 5.82 Å². The number of carbonyl (C=O) groups excluding carboxylic acids is 2. The quantitative estimate of drug-likeness (QED) is 0.636. The summed E-state index contributed by atoms with van der Waals surface area (Å²) in [6, 6.07) is 16.6. The summed E-state index contributed by atoms with van der Waals surface area (Å²) in [5.41, 5.74) is 5.92. The van der Waals surface area contributed by atoms with Gasteiger partial charge in [0.05, 0.1) is 11.4 Å². The molecule has 2 N–H and O–H groups in total. The number of hydrogen-bond acceptors (Lipinski definition) is 5. The highest BCUT2D eigenvalue weighted by Gasteiger charge is 2.39. The molecule has 33 heavy (non-hydrogen) atoms. The Morgan fingerprint density at radius 1 is 1.00 bits per heavy atom. The second-order valence-corrected chi connectivity index (χ2v) is 8.15. The van der Waals surface area contributed by atoms with Gasteiger partial charge in [-0.25, -0.2) is 14.5 Å². The van der Waals surface area contributed by atoms with Crippen LogP contribution in [0.4, 0.5) is 10.1 Å². The molecular weight excluding hydrogens is 423 g/mol. The van der Waals surface area contributed by atoms with E-state index in [0.29, 0.717) is 47.5 Å². The predicted molar refractivity (Wildman–Crippen MR) is 120 cm³/mol. The molecule has 0 bridgehead atoms. The number of aromatic nitrogens is 2. The molecule has 0 fully saturated rings. The number of allylic oxidation sites excluding steroid dienone is 2. The molecule has 0 radical (unpaired) electrons. The summed E-state index contributed by atoms with van der Waals surface area (Å²) in [4.78, 5) is 38.3. The lowest BCUT2D eigenvalue weighted by molar-refractivity contribution is -0.130. The maximum absolute atomic E-state index is 13.9. The van der Waals surface area contributed by atoms with Crippen molar-refractivity contribution < 1.29 is 14.0 Å². The van der Waals surface area contributed by atoms with E-state index in [2.05, 4.69) is 15.6 Å². The Balaban J connectivity index is 1.59. The third-order valence-electron chi connectivity index (χ3n) is 6.01. The molecule has 5 rings (SSSR count). The highest BCUT2D eigenvalue weighted by molar-refractivity contribution is 6.01. The van der Waals surface area contributed by atoms with Crippen LogP contribution in [0.3, 0.4) is 0 Å². The van der Waals surface area contributed by atoms with Gasteiger partial charge in [-0.3, -0.25) is 19.8 Å². The number of H-pyrrole nitrogens is 1. The fourth-order valence-corrected chi connectivity index (χ4v) is 4.56. The smallest absolute Gasteiger partial charge is 0.266 e. The molecular formula is C25H21FN4O3. The highest BCUT2D eigenvalue weighted by atomic mass is 19.1. The van der Waals surface area contributed by atoms with Crippen molar-refractivity contribution in [2.24, 2.45) is 0 Å². The van der Waals surface area contributed by atoms with Gasteiger partial charge in [0.1, 0.15) is 11.5 Å². The number of nitrogens with zero attached hydrogens (tertiary/aromatic N) is 2. The molecule has 166 valence electrons. The Morgan fingerprint density at radius 3 is 2.61 bits per heavy atom. The van der Waals surface area contributed by atoms with Crippen molar-refractivity contribution in [1.29, 1.82) is 0 Å². The van der Waals surface area contributed by atoms with E-state index in [1.807, 2.05) is 30.3 Å². The number of ketones is 1. The van der Waals surface area contributed by atoms with Gasteiger partial charge >= 0.3 is 0 Å². The number of halogens is 1. The van der Waals surface area contributed by atoms with Gasteiger partial charge in [-0.2, -0.15) is 5.10 Å². The fourth-order valence-electron chi connectivity index (χ4n) is 4.56. The molecule has 2 aromatic carbocycles. The van der Waals surface area contributed by atoms with Crippen molar-refractivity contribution in [2.75, 3.05) is 5.43 Å². The molecule has 0 saturated heterocycles. The normalized spacial score (nSPS) is 18.3. The number of amides is 1. The Kier molecular flexibility index (Phi) is 5.34. The molecule has 2 heterocycles. The van der Waals surface area contributed by atoms with Crippen LogP contribution >= 0.6 is 0 Å². The van der Waals surface area contributed by atoms with E-state index < -0.39 is 17.3 Å². The SMILES string of the molecule is O=C1CCCC2=C1C(c1cccc(F)c1)CC(=O)N2Nc1cc(=O)[nH]nc1-c1ccccc1. The van der Waals surface area contributed by atoms with Crippen LogP contribution in [0.25, 0.3) is 11.3 Å². The minimum Gasteiger partial charge on any atom is -0.294 e. The summed E-state index contributed by atoms with van der Waals surface area (Å²) < 4.78 is 13.9. The van der Waals surface area contributed by atoms with Gasteiger partial charge in [0, 0.05) is 36.0 Å². The monoisotopic (exact) mass is 444 g/mol. The molecule has 1 aliphatic heterocycles. The minimum atomic E-state index is -0.500. The summed E-state index contributed by atoms with van der Waals surface area (Å²) in [6.07, 6.45) is 1.52. The molecule has 3 aromatic rings. The minimum absolute atomic E-state index is 0.0122. The van der Waals surface area contributed by atoms with Crippen LogP contribution in [0.15, 0.2) is 76.7 Å². The van der Waals surface area contributed by atoms with Crippen molar-refractivity contribution in [3.63, 3.8) is 0 Å². The number of rotatable bonds is 4. The number of carbonyl (C=O) groups is 2. The van der Waals surface area contributed by atoms with Gasteiger partial charge in [0.15, 0.2) is 5.78 Å². The number of hydrogen-bond donors (Lipinski definition) is 2. The first-order chi connectivity index (χ1) is 16.0. The van der Waals surface area contributed by atoms with Crippen molar-refractivity contribution in [2.45, 2.75) is 31.6 Å². The third-order valence-corrected chi connectivity index (χ3v) is 6.01. The lowest BCUT2D eigenvalue weighted by Gasteiger charge is -2.38. The first-order valence-electron chi connectivity index (χ1n) is 10.8. The molecule has 0 saturated carbocycles. The van der Waals surface area contributed by atoms with E-state index in [4.69, 9.17) is 0 Å². The standard InChI is InChI=1S/C25H21FN4O3/c26-17-9-4-8-16(12-17)18-13-23(33)30(20-10-5-11-21(31)24(18)20)29-19-14-22(32)27-28-25(19)15-6-2-1-3-7-15/h1-4,6-9,12,14,18H,5,10-11,13H2,(H2,27,29,32). The van der Waals surface area contributed by atoms with Crippen LogP contribution in [0.1, 0.15) is 37.2 Å². The van der Waals surface area contributed by atoms with Crippen molar-refractivity contribution in [1.82, 2.24) is 15.2 Å². The largest absolute Gasteiger partial charge is 0.294 e. The molecule has 7 nitrogen and oxygen atoms in total. The van der Waals surface area contributed by atoms with Crippen molar-refractivity contribution >= 4 is 17.4 Å². The number of Topliss-reactive ketones (excluding diaryl/α,β-unsaturated/α-hetero) is 1. The second-order valence-electron chi connectivity index (χ2n) is 8.15. The number of benzene rings is 2. The molecule has 8 heteroatoms. The average Bonchev–Trinajstić information content (AvgIpc) is 2.81. The molecule has 1 aliphatic carbocycles. The van der Waals surface area contributed by atoms with E-state index >= 15 is 0 Å². The summed E-state index contributed by atoms with van der Waals surface area (Å²) >= 11 is 0. The first kappa shape index (κ1) is 20.8. The maximum atomic E-state index is 13.9. The zero-order valence-electron chi connectivity index (χ0n) is 17.7. The zero-order chi connectivity index (χ0) is 22.9. The Labute approximate surface area is 188 Å². The number of anilines is 1. The van der Waals surface area contributed by atoms with Crippen LogP contribution in [0.5, 0.6) is 0 Å². The number of nitrogens with one attached hydrogen (secondary N) is 2. The van der Waals surface area contributed by atoms with Gasteiger partial charge in [0.2, 0.25) is 5.91 Å². The Hall–Kier alpha value is -4.07. The van der Waals surface area contributed by atoms with Gasteiger partial charge < -0.3 is 0 Å². The van der Waals surface area contributed by atoms with E-state index in [1.54, 1.807) is 12.1 Å². The van der Waals surface area contributed by atoms with Gasteiger partial charge in [0.25, 0.3) is 5.56 Å². The number of aromatic amines is 1. The summed E-state index contributed by atoms with van der Waals surface area (Å²) in [5, 5.41) is 7.97. The molecule has 1 unspecified atom stereocenters. The maximum Gasteiger partial charge on any atom is 0.266 e. The lowest BCUT2D eigenvalue weighted by atomic mass is 9.77. The zero-order valence-corrected chi connectivity index (χ0v) is 17.7. The Bertz CT molecular complexity index is 1330. The molecule has 1 aromatic heterocycles. The third kappa shape index (κ3) is 3.95. The van der Waals surface area contributed by atoms with Crippen LogP contribution in [-0.2, 0) is 9.59 Å². The molecule has 0 spiro atoms. The van der Waals surface area contributed by atoms with E-state index in [0.717, 1.165) is 5.56 Å². The molecule has 2 aliphatic rings. The van der Waals surface area contributed by atoms with Crippen molar-refractivity contribution in [3.05, 3.63) is 93.7 Å². The van der Waals surface area contributed by atoms with Gasteiger partial charge in [-0.1, -0.05) is 42.5 Å². The van der Waals surface area contributed by atoms with E-state index in [-0.39, 0.29) is 18.1 Å². The summed E-state index contributed by atoms with van der Waals surface area (Å²) in [7, 11) is 0. The first-order valence-corrected chi connectivity index (χ1v) is 10.8. The van der Waals surface area contributed by atoms with E-state index in [9.17, 15) is 18.8 Å². The lowest BCUT2D eigenvalue weighted by Crippen LogP contribution is -2.43. The van der Waals surface area contributed by atoms with Crippen LogP contribution in [0.2, 0.25) is 0 Å². The second kappa shape index (κ2) is 8.46. The fraction of sp³-hybridized carbons (Fsp3) is 0.200. The number of hydrazine groups is 1. The summed E-state index contributed by atoms with van der Waals surface area (Å²) in [5.74, 6) is -1.22. The van der Waals surface area contributed by atoms with Crippen LogP contribution < -0.4 is 11.0 Å². The molecule has 1 atom stereocenters. The predicted octanol–water partition coefficient (Wildman–Crippen LogP) is 3.93. The van der Waals surface area contributed by atoms with E-state index in [1.165, 1.54) is 23.2 Å². The topological polar surface area (TPSA) is 95.2 Å². The molecule has 1 amide bonds. The summed E-state index contributed by atoms with van der Waals surface area (Å²) in [6.45, 7) is 0.